The van der Waals surface area contributed by atoms with E-state index in [0.717, 1.165) is 9.37 Å². The predicted octanol–water partition coefficient (Wildman–Crippen LogP) is 2.52. The minimum Gasteiger partial charge on any atom is -0.480 e. The van der Waals surface area contributed by atoms with Gasteiger partial charge in [-0.05, 0) is 31.2 Å². The lowest BCUT2D eigenvalue weighted by Gasteiger charge is -2.08. The van der Waals surface area contributed by atoms with Crippen LogP contribution in [0.1, 0.15) is 13.3 Å². The molecule has 0 saturated heterocycles. The maximum Gasteiger partial charge on any atom is 0.325 e. The third-order valence-electron chi connectivity index (χ3n) is 2.16. The van der Waals surface area contributed by atoms with Crippen molar-refractivity contribution in [2.45, 2.75) is 24.3 Å². The highest BCUT2D eigenvalue weighted by atomic mass is 79.9. The standard InChI is InChI=1S/C12H14BrNO3S/c1-8(12(16)17)14-11(15)6-7-18-10-4-2-9(13)3-5-10/h2-5,8H,6-7H2,1H3,(H,14,15)(H,16,17). The molecule has 0 heterocycles. The Labute approximate surface area is 118 Å². The zero-order chi connectivity index (χ0) is 13.5. The van der Waals surface area contributed by atoms with Crippen molar-refractivity contribution in [2.24, 2.45) is 0 Å². The Morgan fingerprint density at radius 1 is 1.39 bits per heavy atom. The van der Waals surface area contributed by atoms with E-state index in [1.807, 2.05) is 24.3 Å². The maximum atomic E-state index is 11.4. The highest BCUT2D eigenvalue weighted by Gasteiger charge is 2.13. The number of benzene rings is 1. The molecule has 0 fully saturated rings. The Bertz CT molecular complexity index is 422. The van der Waals surface area contributed by atoms with E-state index in [9.17, 15) is 9.59 Å². The zero-order valence-corrected chi connectivity index (χ0v) is 12.3. The van der Waals surface area contributed by atoms with Crippen molar-refractivity contribution in [3.8, 4) is 0 Å². The van der Waals surface area contributed by atoms with E-state index >= 15 is 0 Å². The van der Waals surface area contributed by atoms with Crippen LogP contribution in [-0.2, 0) is 9.59 Å². The summed E-state index contributed by atoms with van der Waals surface area (Å²) in [5.41, 5.74) is 0. The number of carboxylic acid groups (broad SMARTS) is 1. The summed E-state index contributed by atoms with van der Waals surface area (Å²) in [6.07, 6.45) is 0.304. The molecule has 0 saturated carbocycles. The first kappa shape index (κ1) is 15.0. The van der Waals surface area contributed by atoms with Gasteiger partial charge in [-0.1, -0.05) is 15.9 Å². The van der Waals surface area contributed by atoms with Gasteiger partial charge in [-0.25, -0.2) is 0 Å². The first-order valence-electron chi connectivity index (χ1n) is 5.39. The van der Waals surface area contributed by atoms with Gasteiger partial charge < -0.3 is 10.4 Å². The fraction of sp³-hybridized carbons (Fsp3) is 0.333. The zero-order valence-electron chi connectivity index (χ0n) is 9.85. The van der Waals surface area contributed by atoms with Crippen molar-refractivity contribution in [2.75, 3.05) is 5.75 Å². The van der Waals surface area contributed by atoms with Gasteiger partial charge in [-0.2, -0.15) is 0 Å². The Kier molecular flexibility index (Phi) is 6.21. The maximum absolute atomic E-state index is 11.4. The van der Waals surface area contributed by atoms with Crippen LogP contribution in [0.15, 0.2) is 33.6 Å². The highest BCUT2D eigenvalue weighted by molar-refractivity contribution is 9.10. The lowest BCUT2D eigenvalue weighted by Crippen LogP contribution is -2.38. The fourth-order valence-electron chi connectivity index (χ4n) is 1.17. The van der Waals surface area contributed by atoms with Gasteiger partial charge >= 0.3 is 5.97 Å². The molecule has 0 aliphatic rings. The number of amides is 1. The van der Waals surface area contributed by atoms with E-state index < -0.39 is 12.0 Å². The van der Waals surface area contributed by atoms with Gasteiger partial charge in [0.1, 0.15) is 6.04 Å². The largest absolute Gasteiger partial charge is 0.480 e. The minimum absolute atomic E-state index is 0.241. The smallest absolute Gasteiger partial charge is 0.325 e. The van der Waals surface area contributed by atoms with Gasteiger partial charge in [-0.15, -0.1) is 11.8 Å². The summed E-state index contributed by atoms with van der Waals surface area (Å²) in [4.78, 5) is 23.0. The van der Waals surface area contributed by atoms with Gasteiger partial charge in [0.05, 0.1) is 0 Å². The third kappa shape index (κ3) is 5.55. The van der Waals surface area contributed by atoms with Gasteiger partial charge in [0.2, 0.25) is 5.91 Å². The first-order valence-corrected chi connectivity index (χ1v) is 7.17. The Hall–Kier alpha value is -1.01. The van der Waals surface area contributed by atoms with E-state index in [2.05, 4.69) is 21.2 Å². The van der Waals surface area contributed by atoms with E-state index in [4.69, 9.17) is 5.11 Å². The van der Waals surface area contributed by atoms with E-state index in [-0.39, 0.29) is 5.91 Å². The molecule has 1 rings (SSSR count). The number of carboxylic acids is 1. The Morgan fingerprint density at radius 2 is 2.00 bits per heavy atom. The van der Waals surface area contributed by atoms with Crippen molar-refractivity contribution in [3.63, 3.8) is 0 Å². The molecule has 18 heavy (non-hydrogen) atoms. The number of carbonyl (C=O) groups is 2. The van der Waals surface area contributed by atoms with Crippen LogP contribution >= 0.6 is 27.7 Å². The second-order valence-corrected chi connectivity index (χ2v) is 5.76. The van der Waals surface area contributed by atoms with Gasteiger partial charge in [0.25, 0.3) is 0 Å². The van der Waals surface area contributed by atoms with Crippen LogP contribution in [0.5, 0.6) is 0 Å². The molecule has 1 unspecified atom stereocenters. The molecule has 0 aliphatic carbocycles. The number of thioether (sulfide) groups is 1. The van der Waals surface area contributed by atoms with Crippen LogP contribution in [0.4, 0.5) is 0 Å². The van der Waals surface area contributed by atoms with Gasteiger partial charge in [-0.3, -0.25) is 9.59 Å². The van der Waals surface area contributed by atoms with Gasteiger partial charge in [0, 0.05) is 21.5 Å². The van der Waals surface area contributed by atoms with Crippen LogP contribution < -0.4 is 5.32 Å². The average molecular weight is 332 g/mol. The SMILES string of the molecule is CC(NC(=O)CCSc1ccc(Br)cc1)C(=O)O. The minimum atomic E-state index is -1.02. The van der Waals surface area contributed by atoms with E-state index in [1.165, 1.54) is 6.92 Å². The summed E-state index contributed by atoms with van der Waals surface area (Å²) >= 11 is 4.91. The summed E-state index contributed by atoms with van der Waals surface area (Å²) < 4.78 is 1.01. The molecule has 2 N–H and O–H groups in total. The number of aliphatic carboxylic acids is 1. The molecule has 1 amide bonds. The predicted molar refractivity (Wildman–Crippen MR) is 74.7 cm³/mol. The normalized spacial score (nSPS) is 11.9. The summed E-state index contributed by atoms with van der Waals surface area (Å²) in [7, 11) is 0. The summed E-state index contributed by atoms with van der Waals surface area (Å²) in [5, 5.41) is 11.1. The number of nitrogens with one attached hydrogen (secondary N) is 1. The van der Waals surface area contributed by atoms with E-state index in [0.29, 0.717) is 12.2 Å². The molecule has 0 radical (unpaired) electrons. The third-order valence-corrected chi connectivity index (χ3v) is 3.70. The summed E-state index contributed by atoms with van der Waals surface area (Å²) in [6.45, 7) is 1.45. The quantitative estimate of drug-likeness (QED) is 0.786. The van der Waals surface area contributed by atoms with Gasteiger partial charge in [0.15, 0.2) is 0 Å². The second-order valence-electron chi connectivity index (χ2n) is 3.68. The number of carbonyl (C=O) groups excluding carboxylic acids is 1. The molecule has 1 atom stereocenters. The van der Waals surface area contributed by atoms with Crippen LogP contribution in [0.25, 0.3) is 0 Å². The molecule has 0 aliphatic heterocycles. The number of rotatable bonds is 6. The molecule has 6 heteroatoms. The monoisotopic (exact) mass is 331 g/mol. The van der Waals surface area contributed by atoms with Crippen LogP contribution in [0, 0.1) is 0 Å². The van der Waals surface area contributed by atoms with Crippen molar-refractivity contribution in [1.82, 2.24) is 5.32 Å². The number of hydrogen-bond acceptors (Lipinski definition) is 3. The molecule has 4 nitrogen and oxygen atoms in total. The Balaban J connectivity index is 2.27. The summed E-state index contributed by atoms with van der Waals surface area (Å²) in [5.74, 6) is -0.641. The fourth-order valence-corrected chi connectivity index (χ4v) is 2.28. The molecule has 98 valence electrons. The second kappa shape index (κ2) is 7.43. The molecular formula is C12H14BrNO3S. The number of hydrogen-bond donors (Lipinski definition) is 2. The Morgan fingerprint density at radius 3 is 2.56 bits per heavy atom. The van der Waals surface area contributed by atoms with Crippen molar-refractivity contribution in [3.05, 3.63) is 28.7 Å². The van der Waals surface area contributed by atoms with Crippen LogP contribution in [0.2, 0.25) is 0 Å². The first-order chi connectivity index (χ1) is 8.49. The molecule has 0 spiro atoms. The lowest BCUT2D eigenvalue weighted by molar-refractivity contribution is -0.141. The van der Waals surface area contributed by atoms with Crippen molar-refractivity contribution in [1.29, 1.82) is 0 Å². The highest BCUT2D eigenvalue weighted by Crippen LogP contribution is 2.21. The molecule has 1 aromatic rings. The molecular weight excluding hydrogens is 318 g/mol. The van der Waals surface area contributed by atoms with Crippen LogP contribution in [-0.4, -0.2) is 28.8 Å². The topological polar surface area (TPSA) is 66.4 Å². The summed E-state index contributed by atoms with van der Waals surface area (Å²) in [6, 6.07) is 6.97. The number of halogens is 1. The molecule has 0 aromatic heterocycles. The van der Waals surface area contributed by atoms with E-state index in [1.54, 1.807) is 11.8 Å². The molecule has 0 bridgehead atoms. The average Bonchev–Trinajstić information content (AvgIpc) is 2.31. The lowest BCUT2D eigenvalue weighted by atomic mass is 10.3. The van der Waals surface area contributed by atoms with Crippen molar-refractivity contribution < 1.29 is 14.7 Å². The van der Waals surface area contributed by atoms with Crippen LogP contribution in [0.3, 0.4) is 0 Å². The van der Waals surface area contributed by atoms with Crippen molar-refractivity contribution >= 4 is 39.6 Å². The molecule has 1 aromatic carbocycles.